The molecule has 5 nitrogen and oxygen atoms in total. The molecule has 0 aliphatic heterocycles. The Balaban J connectivity index is 2.14. The van der Waals surface area contributed by atoms with Gasteiger partial charge in [0, 0.05) is 12.1 Å². The summed E-state index contributed by atoms with van der Waals surface area (Å²) in [6, 6.07) is 8.89. The molecule has 7 heteroatoms. The van der Waals surface area contributed by atoms with Crippen molar-refractivity contribution in [3.05, 3.63) is 62.4 Å². The fourth-order valence-corrected chi connectivity index (χ4v) is 1.95. The molecular formula is C14H11BrFNO4. The van der Waals surface area contributed by atoms with Crippen LogP contribution in [0.1, 0.15) is 5.56 Å². The van der Waals surface area contributed by atoms with E-state index in [0.29, 0.717) is 15.8 Å². The maximum Gasteiger partial charge on any atom is 0.311 e. The van der Waals surface area contributed by atoms with E-state index in [4.69, 9.17) is 9.47 Å². The fraction of sp³-hybridized carbons (Fsp3) is 0.143. The first-order chi connectivity index (χ1) is 10.0. The zero-order valence-electron chi connectivity index (χ0n) is 11.0. The van der Waals surface area contributed by atoms with Crippen LogP contribution in [0.25, 0.3) is 0 Å². The highest BCUT2D eigenvalue weighted by Crippen LogP contribution is 2.28. The van der Waals surface area contributed by atoms with Crippen molar-refractivity contribution in [3.63, 3.8) is 0 Å². The zero-order valence-corrected chi connectivity index (χ0v) is 12.6. The lowest BCUT2D eigenvalue weighted by Gasteiger charge is -2.08. The number of nitrogens with zero attached hydrogens (tertiary/aromatic N) is 1. The van der Waals surface area contributed by atoms with E-state index < -0.39 is 10.7 Å². The fourth-order valence-electron chi connectivity index (χ4n) is 1.70. The number of nitro benzene ring substituents is 1. The van der Waals surface area contributed by atoms with E-state index in [2.05, 4.69) is 15.9 Å². The van der Waals surface area contributed by atoms with Gasteiger partial charge in [-0.15, -0.1) is 0 Å². The summed E-state index contributed by atoms with van der Waals surface area (Å²) in [5.41, 5.74) is 0.450. The van der Waals surface area contributed by atoms with Crippen molar-refractivity contribution in [2.24, 2.45) is 0 Å². The maximum absolute atomic E-state index is 13.3. The second kappa shape index (κ2) is 6.53. The number of hydrogen-bond acceptors (Lipinski definition) is 4. The second-order valence-corrected chi connectivity index (χ2v) is 4.98. The van der Waals surface area contributed by atoms with E-state index >= 15 is 0 Å². The van der Waals surface area contributed by atoms with Crippen molar-refractivity contribution in [2.45, 2.75) is 6.61 Å². The van der Waals surface area contributed by atoms with Crippen LogP contribution in [0.5, 0.6) is 11.5 Å². The number of halogens is 2. The first-order valence-electron chi connectivity index (χ1n) is 5.90. The Labute approximate surface area is 128 Å². The standard InChI is InChI=1S/C14H11BrFNO4/c1-20-14-5-2-9(6-13(14)17(18)19)8-21-10-3-4-11(15)12(16)7-10/h2-7H,8H2,1H3. The van der Waals surface area contributed by atoms with Gasteiger partial charge in [-0.1, -0.05) is 6.07 Å². The molecule has 0 radical (unpaired) electrons. The minimum atomic E-state index is -0.526. The largest absolute Gasteiger partial charge is 0.490 e. The average Bonchev–Trinajstić information content (AvgIpc) is 2.48. The normalized spacial score (nSPS) is 10.2. The van der Waals surface area contributed by atoms with Crippen LogP contribution in [0, 0.1) is 15.9 Å². The van der Waals surface area contributed by atoms with Crippen molar-refractivity contribution in [2.75, 3.05) is 7.11 Å². The summed E-state index contributed by atoms with van der Waals surface area (Å²) in [6.45, 7) is 0.0892. The number of rotatable bonds is 5. The molecule has 0 aliphatic carbocycles. The molecule has 21 heavy (non-hydrogen) atoms. The Kier molecular flexibility index (Phi) is 4.74. The van der Waals surface area contributed by atoms with E-state index in [-0.39, 0.29) is 18.0 Å². The topological polar surface area (TPSA) is 61.6 Å². The molecule has 0 amide bonds. The minimum absolute atomic E-state index is 0.0892. The summed E-state index contributed by atoms with van der Waals surface area (Å²) in [5.74, 6) is 0.0841. The maximum atomic E-state index is 13.3. The summed E-state index contributed by atoms with van der Waals surface area (Å²) in [7, 11) is 1.36. The average molecular weight is 356 g/mol. The molecular weight excluding hydrogens is 345 g/mol. The van der Waals surface area contributed by atoms with Crippen molar-refractivity contribution in [1.29, 1.82) is 0 Å². The Bertz CT molecular complexity index is 678. The van der Waals surface area contributed by atoms with Crippen LogP contribution in [0.15, 0.2) is 40.9 Å². The molecule has 0 atom stereocenters. The summed E-state index contributed by atoms with van der Waals surface area (Å²) in [4.78, 5) is 10.4. The first-order valence-corrected chi connectivity index (χ1v) is 6.69. The third-order valence-corrected chi connectivity index (χ3v) is 3.38. The van der Waals surface area contributed by atoms with Gasteiger partial charge in [0.15, 0.2) is 5.75 Å². The van der Waals surface area contributed by atoms with Gasteiger partial charge in [0.05, 0.1) is 16.5 Å². The van der Waals surface area contributed by atoms with Crippen LogP contribution in [-0.4, -0.2) is 12.0 Å². The molecule has 0 heterocycles. The van der Waals surface area contributed by atoms with Crippen molar-refractivity contribution in [1.82, 2.24) is 0 Å². The molecule has 0 saturated heterocycles. The predicted octanol–water partition coefficient (Wildman–Crippen LogP) is 4.08. The highest BCUT2D eigenvalue weighted by atomic mass is 79.9. The van der Waals surface area contributed by atoms with Gasteiger partial charge in [-0.3, -0.25) is 10.1 Å². The SMILES string of the molecule is COc1ccc(COc2ccc(Br)c(F)c2)cc1[N+](=O)[O-]. The third-order valence-electron chi connectivity index (χ3n) is 2.74. The number of ether oxygens (including phenoxy) is 2. The number of methoxy groups -OCH3 is 1. The van der Waals surface area contributed by atoms with Gasteiger partial charge in [-0.25, -0.2) is 4.39 Å². The minimum Gasteiger partial charge on any atom is -0.490 e. The van der Waals surface area contributed by atoms with Crippen molar-refractivity contribution in [3.8, 4) is 11.5 Å². The molecule has 0 aliphatic rings. The van der Waals surface area contributed by atoms with E-state index in [1.54, 1.807) is 12.1 Å². The Hall–Kier alpha value is -2.15. The van der Waals surface area contributed by atoms with Crippen LogP contribution in [0.4, 0.5) is 10.1 Å². The van der Waals surface area contributed by atoms with Crippen LogP contribution >= 0.6 is 15.9 Å². The molecule has 2 aromatic rings. The van der Waals surface area contributed by atoms with E-state index in [9.17, 15) is 14.5 Å². The molecule has 0 fully saturated rings. The van der Waals surface area contributed by atoms with Gasteiger partial charge in [-0.2, -0.15) is 0 Å². The lowest BCUT2D eigenvalue weighted by Crippen LogP contribution is -1.99. The van der Waals surface area contributed by atoms with Gasteiger partial charge >= 0.3 is 5.69 Å². The van der Waals surface area contributed by atoms with Crippen LogP contribution in [-0.2, 0) is 6.61 Å². The molecule has 0 spiro atoms. The number of benzene rings is 2. The Morgan fingerprint density at radius 2 is 2.05 bits per heavy atom. The quantitative estimate of drug-likeness (QED) is 0.598. The Morgan fingerprint density at radius 3 is 2.67 bits per heavy atom. The highest BCUT2D eigenvalue weighted by Gasteiger charge is 2.15. The summed E-state index contributed by atoms with van der Waals surface area (Å²) >= 11 is 3.05. The van der Waals surface area contributed by atoms with E-state index in [0.717, 1.165) is 0 Å². The third kappa shape index (κ3) is 3.69. The molecule has 0 saturated carbocycles. The van der Waals surface area contributed by atoms with Crippen LogP contribution in [0.2, 0.25) is 0 Å². The van der Waals surface area contributed by atoms with Gasteiger partial charge in [-0.05, 0) is 39.7 Å². The highest BCUT2D eigenvalue weighted by molar-refractivity contribution is 9.10. The molecule has 0 bridgehead atoms. The van der Waals surface area contributed by atoms with Gasteiger partial charge in [0.25, 0.3) is 0 Å². The second-order valence-electron chi connectivity index (χ2n) is 4.13. The molecule has 2 rings (SSSR count). The van der Waals surface area contributed by atoms with E-state index in [1.807, 2.05) is 0 Å². The Morgan fingerprint density at radius 1 is 1.29 bits per heavy atom. The lowest BCUT2D eigenvalue weighted by molar-refractivity contribution is -0.385. The first kappa shape index (κ1) is 15.2. The summed E-state index contributed by atoms with van der Waals surface area (Å²) in [6.07, 6.45) is 0. The van der Waals surface area contributed by atoms with Gasteiger partial charge in [0.1, 0.15) is 18.2 Å². The molecule has 110 valence electrons. The van der Waals surface area contributed by atoms with Crippen molar-refractivity contribution < 1.29 is 18.8 Å². The van der Waals surface area contributed by atoms with Crippen LogP contribution < -0.4 is 9.47 Å². The smallest absolute Gasteiger partial charge is 0.311 e. The number of hydrogen-bond donors (Lipinski definition) is 0. The van der Waals surface area contributed by atoms with E-state index in [1.165, 1.54) is 31.4 Å². The predicted molar refractivity (Wildman–Crippen MR) is 78.1 cm³/mol. The summed E-state index contributed by atoms with van der Waals surface area (Å²) in [5, 5.41) is 10.9. The zero-order chi connectivity index (χ0) is 15.4. The summed E-state index contributed by atoms with van der Waals surface area (Å²) < 4.78 is 24.0. The lowest BCUT2D eigenvalue weighted by atomic mass is 10.2. The molecule has 0 aromatic heterocycles. The van der Waals surface area contributed by atoms with Gasteiger partial charge < -0.3 is 9.47 Å². The molecule has 2 aromatic carbocycles. The number of nitro groups is 1. The van der Waals surface area contributed by atoms with Crippen LogP contribution in [0.3, 0.4) is 0 Å². The molecule has 0 N–H and O–H groups in total. The monoisotopic (exact) mass is 355 g/mol. The van der Waals surface area contributed by atoms with Gasteiger partial charge in [0.2, 0.25) is 0 Å². The van der Waals surface area contributed by atoms with Crippen molar-refractivity contribution >= 4 is 21.6 Å². The molecule has 0 unspecified atom stereocenters.